The van der Waals surface area contributed by atoms with Gasteiger partial charge in [0.15, 0.2) is 16.0 Å². The maximum Gasteiger partial charge on any atom is 0.182 e. The van der Waals surface area contributed by atoms with E-state index in [0.29, 0.717) is 0 Å². The molecule has 2 rings (SSSR count). The summed E-state index contributed by atoms with van der Waals surface area (Å²) in [5.41, 5.74) is 0. The van der Waals surface area contributed by atoms with E-state index in [0.717, 1.165) is 49.9 Å². The average molecular weight is 272 g/mol. The Morgan fingerprint density at radius 2 is 1.05 bits per heavy atom. The van der Waals surface area contributed by atoms with Crippen LogP contribution < -0.4 is 0 Å². The molecule has 0 spiro atoms. The summed E-state index contributed by atoms with van der Waals surface area (Å²) in [7, 11) is 11.7. The summed E-state index contributed by atoms with van der Waals surface area (Å²) in [6, 6.07) is 0. The van der Waals surface area contributed by atoms with Gasteiger partial charge >= 0.3 is 0 Å². The maximum absolute atomic E-state index is 5.84. The largest absolute Gasteiger partial charge is 0.353 e. The number of hydrogen-bond acceptors (Lipinski definition) is 2. The van der Waals surface area contributed by atoms with Gasteiger partial charge in [-0.25, -0.2) is 0 Å². The molecule has 2 saturated heterocycles. The number of nitrogens with zero attached hydrogens (tertiary/aromatic N) is 2. The van der Waals surface area contributed by atoms with E-state index in [1.807, 2.05) is 9.62 Å². The quantitative estimate of drug-likeness (QED) is 0.710. The van der Waals surface area contributed by atoms with Crippen LogP contribution in [-0.4, -0.2) is 51.8 Å². The van der Waals surface area contributed by atoms with Crippen LogP contribution in [0.2, 0.25) is 0 Å². The van der Waals surface area contributed by atoms with E-state index in [2.05, 4.69) is 13.8 Å². The average Bonchev–Trinajstić information content (AvgIpc) is 2.44. The van der Waals surface area contributed by atoms with E-state index in [4.69, 9.17) is 16.0 Å². The molecule has 2 fully saturated rings. The molecule has 2 aliphatic heterocycles. The molecular formula is C16H30B2N2. The first-order chi connectivity index (χ1) is 9.54. The Kier molecular flexibility index (Phi) is 6.48. The highest BCUT2D eigenvalue weighted by Crippen LogP contribution is 2.32. The molecule has 0 N–H and O–H groups in total. The molecule has 0 aliphatic carbocycles. The number of piperidine rings is 2. The van der Waals surface area contributed by atoms with Crippen LogP contribution in [0.15, 0.2) is 0 Å². The molecule has 2 heterocycles. The predicted octanol–water partition coefficient (Wildman–Crippen LogP) is 2.63. The van der Waals surface area contributed by atoms with Gasteiger partial charge in [0.25, 0.3) is 0 Å². The molecule has 2 aliphatic rings. The normalized spacial score (nSPS) is 27.5. The van der Waals surface area contributed by atoms with Crippen molar-refractivity contribution in [2.45, 2.75) is 52.4 Å². The molecule has 110 valence electrons. The van der Waals surface area contributed by atoms with Gasteiger partial charge in [-0.15, -0.1) is 0 Å². The molecule has 0 aromatic rings. The topological polar surface area (TPSA) is 6.48 Å². The summed E-state index contributed by atoms with van der Waals surface area (Å²) in [5, 5.41) is 0. The molecule has 2 nitrogen and oxygen atoms in total. The van der Waals surface area contributed by atoms with E-state index in [1.54, 1.807) is 0 Å². The molecule has 2 atom stereocenters. The maximum atomic E-state index is 5.84. The van der Waals surface area contributed by atoms with Crippen LogP contribution in [0.4, 0.5) is 0 Å². The summed E-state index contributed by atoms with van der Waals surface area (Å²) in [6.07, 6.45) is 7.95. The zero-order valence-electron chi connectivity index (χ0n) is 13.4. The molecule has 0 saturated carbocycles. The monoisotopic (exact) mass is 272 g/mol. The lowest BCUT2D eigenvalue weighted by molar-refractivity contribution is 0.185. The van der Waals surface area contributed by atoms with Crippen molar-refractivity contribution in [2.75, 3.05) is 26.2 Å². The summed E-state index contributed by atoms with van der Waals surface area (Å²) < 4.78 is 0. The van der Waals surface area contributed by atoms with Gasteiger partial charge in [0.2, 0.25) is 0 Å². The van der Waals surface area contributed by atoms with Gasteiger partial charge in [-0.1, -0.05) is 13.8 Å². The molecule has 4 heteroatoms. The van der Waals surface area contributed by atoms with Gasteiger partial charge in [0.1, 0.15) is 0 Å². The Hall–Kier alpha value is 0.0499. The minimum absolute atomic E-state index is 0.847. The second kappa shape index (κ2) is 7.89. The van der Waals surface area contributed by atoms with Crippen LogP contribution in [0.5, 0.6) is 0 Å². The first kappa shape index (κ1) is 16.4. The van der Waals surface area contributed by atoms with Crippen LogP contribution >= 0.6 is 0 Å². The zero-order valence-corrected chi connectivity index (χ0v) is 13.4. The fourth-order valence-electron chi connectivity index (χ4n) is 3.89. The van der Waals surface area contributed by atoms with Gasteiger partial charge in [0.05, 0.1) is 0 Å². The van der Waals surface area contributed by atoms with Crippen molar-refractivity contribution >= 4 is 16.0 Å². The second-order valence-corrected chi connectivity index (χ2v) is 7.38. The van der Waals surface area contributed by atoms with Crippen LogP contribution in [0.25, 0.3) is 0 Å². The molecule has 0 bridgehead atoms. The van der Waals surface area contributed by atoms with Crippen LogP contribution in [0, 0.1) is 23.7 Å². The minimum Gasteiger partial charge on any atom is -0.353 e. The Bertz CT molecular complexity index is 244. The van der Waals surface area contributed by atoms with Crippen molar-refractivity contribution in [2.24, 2.45) is 23.7 Å². The predicted molar refractivity (Wildman–Crippen MR) is 87.7 cm³/mol. The molecule has 4 radical (unpaired) electrons. The van der Waals surface area contributed by atoms with Crippen molar-refractivity contribution < 1.29 is 0 Å². The Morgan fingerprint density at radius 3 is 1.35 bits per heavy atom. The van der Waals surface area contributed by atoms with Crippen molar-refractivity contribution in [1.82, 2.24) is 9.62 Å². The fourth-order valence-corrected chi connectivity index (χ4v) is 3.89. The van der Waals surface area contributed by atoms with E-state index >= 15 is 0 Å². The smallest absolute Gasteiger partial charge is 0.182 e. The standard InChI is InChI=1S/C16H30B2N2/c1-13(11-15-3-7-19(17)8-4-15)14(2)12-16-5-9-20(18)10-6-16/h13-16H,3-12H2,1-2H3. The lowest BCUT2D eigenvalue weighted by Crippen LogP contribution is -2.33. The molecule has 0 amide bonds. The van der Waals surface area contributed by atoms with E-state index in [1.165, 1.54) is 38.5 Å². The van der Waals surface area contributed by atoms with Crippen molar-refractivity contribution in [3.63, 3.8) is 0 Å². The van der Waals surface area contributed by atoms with E-state index in [-0.39, 0.29) is 0 Å². The number of hydrogen-bond donors (Lipinski definition) is 0. The van der Waals surface area contributed by atoms with Gasteiger partial charge in [0, 0.05) is 0 Å². The lowest BCUT2D eigenvalue weighted by atomic mass is 9.77. The lowest BCUT2D eigenvalue weighted by Gasteiger charge is -2.35. The van der Waals surface area contributed by atoms with Crippen LogP contribution in [-0.2, 0) is 0 Å². The van der Waals surface area contributed by atoms with Crippen molar-refractivity contribution in [1.29, 1.82) is 0 Å². The fraction of sp³-hybridized carbons (Fsp3) is 1.00. The summed E-state index contributed by atoms with van der Waals surface area (Å²) in [5.74, 6) is 3.50. The molecule has 0 aromatic carbocycles. The Morgan fingerprint density at radius 1 is 0.750 bits per heavy atom. The molecule has 2 unspecified atom stereocenters. The van der Waals surface area contributed by atoms with Gasteiger partial charge in [-0.05, 0) is 88.4 Å². The van der Waals surface area contributed by atoms with Gasteiger partial charge in [-0.2, -0.15) is 0 Å². The zero-order chi connectivity index (χ0) is 14.5. The minimum atomic E-state index is 0.847. The highest BCUT2D eigenvalue weighted by atomic mass is 15.0. The summed E-state index contributed by atoms with van der Waals surface area (Å²) in [6.45, 7) is 9.25. The summed E-state index contributed by atoms with van der Waals surface area (Å²) >= 11 is 0. The molecular weight excluding hydrogens is 242 g/mol. The van der Waals surface area contributed by atoms with Gasteiger partial charge in [-0.3, -0.25) is 0 Å². The molecule has 20 heavy (non-hydrogen) atoms. The SMILES string of the molecule is [B]N1CCC(CC(C)C(C)CC2CCN([B])CC2)CC1. The summed E-state index contributed by atoms with van der Waals surface area (Å²) in [4.78, 5) is 3.95. The third-order valence-corrected chi connectivity index (χ3v) is 5.68. The molecule has 0 aromatic heterocycles. The van der Waals surface area contributed by atoms with Crippen molar-refractivity contribution in [3.8, 4) is 0 Å². The Balaban J connectivity index is 1.67. The van der Waals surface area contributed by atoms with Gasteiger partial charge < -0.3 is 9.62 Å². The Labute approximate surface area is 128 Å². The van der Waals surface area contributed by atoms with Crippen LogP contribution in [0.3, 0.4) is 0 Å². The first-order valence-corrected chi connectivity index (χ1v) is 8.54. The first-order valence-electron chi connectivity index (χ1n) is 8.54. The van der Waals surface area contributed by atoms with Crippen LogP contribution in [0.1, 0.15) is 52.4 Å². The second-order valence-electron chi connectivity index (χ2n) is 7.38. The van der Waals surface area contributed by atoms with E-state index in [9.17, 15) is 0 Å². The highest BCUT2D eigenvalue weighted by molar-refractivity contribution is 6.04. The highest BCUT2D eigenvalue weighted by Gasteiger charge is 2.24. The number of rotatable bonds is 5. The van der Waals surface area contributed by atoms with Crippen molar-refractivity contribution in [3.05, 3.63) is 0 Å². The third-order valence-electron chi connectivity index (χ3n) is 5.68. The third kappa shape index (κ3) is 5.11. The van der Waals surface area contributed by atoms with E-state index < -0.39 is 0 Å².